The van der Waals surface area contributed by atoms with Crippen LogP contribution in [-0.2, 0) is 16.6 Å². The van der Waals surface area contributed by atoms with Crippen molar-refractivity contribution in [1.29, 1.82) is 0 Å². The first-order valence-electron chi connectivity index (χ1n) is 6.53. The highest BCUT2D eigenvalue weighted by Crippen LogP contribution is 2.23. The lowest BCUT2D eigenvalue weighted by Gasteiger charge is -2.21. The third kappa shape index (κ3) is 2.90. The second-order valence-electron chi connectivity index (χ2n) is 4.88. The zero-order valence-corrected chi connectivity index (χ0v) is 12.3. The van der Waals surface area contributed by atoms with Crippen molar-refractivity contribution < 1.29 is 8.42 Å². The second kappa shape index (κ2) is 5.21. The number of fused-ring (bicyclic) bond motifs is 1. The Hall–Kier alpha value is -2.34. The molecule has 0 atom stereocenters. The van der Waals surface area contributed by atoms with Gasteiger partial charge in [-0.1, -0.05) is 42.0 Å². The van der Waals surface area contributed by atoms with Crippen molar-refractivity contribution in [3.8, 4) is 0 Å². The number of hydrogen-bond donors (Lipinski definition) is 2. The van der Waals surface area contributed by atoms with E-state index in [2.05, 4.69) is 15.0 Å². The van der Waals surface area contributed by atoms with Crippen LogP contribution in [0.5, 0.6) is 0 Å². The summed E-state index contributed by atoms with van der Waals surface area (Å²) in [6.45, 7) is 2.43. The number of aliphatic imine (C=N–C) groups is 1. The SMILES string of the molecule is Cc1ccc(CN=C2Nc3ccccc3S(=O)(=O)N2)cc1. The smallest absolute Gasteiger partial charge is 0.266 e. The fourth-order valence-corrected chi connectivity index (χ4v) is 3.22. The molecule has 21 heavy (non-hydrogen) atoms. The molecule has 1 aliphatic rings. The Kier molecular flexibility index (Phi) is 3.39. The number of nitrogens with zero attached hydrogens (tertiary/aromatic N) is 1. The van der Waals surface area contributed by atoms with E-state index < -0.39 is 10.0 Å². The lowest BCUT2D eigenvalue weighted by molar-refractivity contribution is 0.591. The quantitative estimate of drug-likeness (QED) is 0.894. The molecule has 0 saturated heterocycles. The van der Waals surface area contributed by atoms with Crippen LogP contribution in [0, 0.1) is 6.92 Å². The topological polar surface area (TPSA) is 70.6 Å². The largest absolute Gasteiger partial charge is 0.324 e. The normalized spacial score (nSPS) is 17.7. The Bertz CT molecular complexity index is 796. The Morgan fingerprint density at radius 3 is 2.52 bits per heavy atom. The fourth-order valence-electron chi connectivity index (χ4n) is 2.08. The molecule has 0 unspecified atom stereocenters. The molecule has 6 heteroatoms. The maximum Gasteiger partial charge on any atom is 0.266 e. The summed E-state index contributed by atoms with van der Waals surface area (Å²) in [4.78, 5) is 4.53. The van der Waals surface area contributed by atoms with Gasteiger partial charge in [-0.2, -0.15) is 0 Å². The molecule has 0 bridgehead atoms. The first-order valence-corrected chi connectivity index (χ1v) is 8.02. The minimum atomic E-state index is -3.55. The van der Waals surface area contributed by atoms with Gasteiger partial charge < -0.3 is 5.32 Å². The van der Waals surface area contributed by atoms with Crippen molar-refractivity contribution in [3.63, 3.8) is 0 Å². The monoisotopic (exact) mass is 301 g/mol. The van der Waals surface area contributed by atoms with Crippen LogP contribution in [0.1, 0.15) is 11.1 Å². The third-order valence-electron chi connectivity index (χ3n) is 3.20. The van der Waals surface area contributed by atoms with Crippen molar-refractivity contribution in [2.45, 2.75) is 18.4 Å². The van der Waals surface area contributed by atoms with E-state index in [1.54, 1.807) is 24.3 Å². The molecule has 0 radical (unpaired) electrons. The molecule has 0 spiro atoms. The molecule has 5 nitrogen and oxygen atoms in total. The maximum absolute atomic E-state index is 12.1. The van der Waals surface area contributed by atoms with Crippen molar-refractivity contribution in [2.24, 2.45) is 4.99 Å². The van der Waals surface area contributed by atoms with Gasteiger partial charge in [0.1, 0.15) is 4.90 Å². The number of sulfonamides is 1. The molecule has 2 N–H and O–H groups in total. The molecule has 1 heterocycles. The van der Waals surface area contributed by atoms with Crippen molar-refractivity contribution in [3.05, 3.63) is 59.7 Å². The van der Waals surface area contributed by atoms with Crippen LogP contribution in [0.3, 0.4) is 0 Å². The Morgan fingerprint density at radius 1 is 1.05 bits per heavy atom. The number of para-hydroxylation sites is 1. The van der Waals surface area contributed by atoms with Crippen LogP contribution in [-0.4, -0.2) is 14.4 Å². The van der Waals surface area contributed by atoms with Gasteiger partial charge in [0.2, 0.25) is 5.96 Å². The molecule has 0 amide bonds. The standard InChI is InChI=1S/C15H15N3O2S/c1-11-6-8-12(9-7-11)10-16-15-17-13-4-2-3-5-14(13)21(19,20)18-15/h2-9H,10H2,1H3,(H2,16,17,18). The summed E-state index contributed by atoms with van der Waals surface area (Å²) in [7, 11) is -3.55. The van der Waals surface area contributed by atoms with Gasteiger partial charge in [-0.15, -0.1) is 0 Å². The van der Waals surface area contributed by atoms with E-state index in [1.165, 1.54) is 5.56 Å². The van der Waals surface area contributed by atoms with Gasteiger partial charge in [-0.05, 0) is 24.6 Å². The predicted octanol–water partition coefficient (Wildman–Crippen LogP) is 2.26. The average molecular weight is 301 g/mol. The molecule has 3 rings (SSSR count). The summed E-state index contributed by atoms with van der Waals surface area (Å²) < 4.78 is 26.7. The van der Waals surface area contributed by atoms with Crippen LogP contribution in [0.4, 0.5) is 5.69 Å². The Morgan fingerprint density at radius 2 is 1.76 bits per heavy atom. The molecule has 2 aromatic rings. The van der Waals surface area contributed by atoms with E-state index >= 15 is 0 Å². The van der Waals surface area contributed by atoms with Gasteiger partial charge in [0, 0.05) is 0 Å². The van der Waals surface area contributed by atoms with E-state index in [9.17, 15) is 8.42 Å². The summed E-state index contributed by atoms with van der Waals surface area (Å²) in [5.74, 6) is 0.245. The van der Waals surface area contributed by atoms with Gasteiger partial charge in [0.25, 0.3) is 10.0 Å². The summed E-state index contributed by atoms with van der Waals surface area (Å²) in [6.07, 6.45) is 0. The Balaban J connectivity index is 1.85. The first-order chi connectivity index (χ1) is 10.0. The Labute approximate surface area is 123 Å². The second-order valence-corrected chi connectivity index (χ2v) is 6.53. The summed E-state index contributed by atoms with van der Waals surface area (Å²) in [5, 5.41) is 2.99. The number of rotatable bonds is 2. The van der Waals surface area contributed by atoms with E-state index in [1.807, 2.05) is 31.2 Å². The minimum absolute atomic E-state index is 0.235. The van der Waals surface area contributed by atoms with Gasteiger partial charge in [0.15, 0.2) is 0 Å². The fraction of sp³-hybridized carbons (Fsp3) is 0.133. The minimum Gasteiger partial charge on any atom is -0.324 e. The van der Waals surface area contributed by atoms with E-state index in [4.69, 9.17) is 0 Å². The summed E-state index contributed by atoms with van der Waals surface area (Å²) >= 11 is 0. The number of nitrogens with one attached hydrogen (secondary N) is 2. The van der Waals surface area contributed by atoms with Crippen LogP contribution >= 0.6 is 0 Å². The number of guanidine groups is 1. The van der Waals surface area contributed by atoms with Gasteiger partial charge >= 0.3 is 0 Å². The molecule has 0 aliphatic carbocycles. The highest BCUT2D eigenvalue weighted by atomic mass is 32.2. The molecule has 1 aliphatic heterocycles. The summed E-state index contributed by atoms with van der Waals surface area (Å²) in [5.41, 5.74) is 2.74. The molecule has 108 valence electrons. The first kappa shape index (κ1) is 13.6. The highest BCUT2D eigenvalue weighted by molar-refractivity contribution is 7.90. The lowest BCUT2D eigenvalue weighted by atomic mass is 10.1. The zero-order valence-electron chi connectivity index (χ0n) is 11.5. The number of aryl methyl sites for hydroxylation is 1. The average Bonchev–Trinajstić information content (AvgIpc) is 2.46. The number of benzene rings is 2. The number of hydrogen-bond acceptors (Lipinski definition) is 3. The van der Waals surface area contributed by atoms with Crippen LogP contribution in [0.2, 0.25) is 0 Å². The van der Waals surface area contributed by atoms with E-state index in [0.29, 0.717) is 12.2 Å². The van der Waals surface area contributed by atoms with Crippen molar-refractivity contribution in [2.75, 3.05) is 5.32 Å². The van der Waals surface area contributed by atoms with Gasteiger partial charge in [-0.3, -0.25) is 0 Å². The zero-order chi connectivity index (χ0) is 14.9. The molecular weight excluding hydrogens is 286 g/mol. The van der Waals surface area contributed by atoms with Gasteiger partial charge in [0.05, 0.1) is 12.2 Å². The van der Waals surface area contributed by atoms with Crippen molar-refractivity contribution in [1.82, 2.24) is 4.72 Å². The summed E-state index contributed by atoms with van der Waals surface area (Å²) in [6, 6.07) is 14.7. The van der Waals surface area contributed by atoms with Gasteiger partial charge in [-0.25, -0.2) is 18.1 Å². The molecule has 0 fully saturated rings. The molecule has 2 aromatic carbocycles. The van der Waals surface area contributed by atoms with E-state index in [0.717, 1.165) is 5.56 Å². The third-order valence-corrected chi connectivity index (χ3v) is 4.60. The van der Waals surface area contributed by atoms with Crippen LogP contribution in [0.15, 0.2) is 58.4 Å². The molecule has 0 saturated carbocycles. The molecular formula is C15H15N3O2S. The highest BCUT2D eigenvalue weighted by Gasteiger charge is 2.25. The lowest BCUT2D eigenvalue weighted by Crippen LogP contribution is -2.40. The molecule has 0 aromatic heterocycles. The number of anilines is 1. The predicted molar refractivity (Wildman–Crippen MR) is 82.7 cm³/mol. The van der Waals surface area contributed by atoms with Crippen molar-refractivity contribution >= 4 is 21.7 Å². The van der Waals surface area contributed by atoms with Crippen LogP contribution in [0.25, 0.3) is 0 Å². The van der Waals surface area contributed by atoms with Crippen LogP contribution < -0.4 is 10.0 Å². The maximum atomic E-state index is 12.1. The van der Waals surface area contributed by atoms with E-state index in [-0.39, 0.29) is 10.9 Å².